The molecule has 1 atom stereocenters. The van der Waals surface area contributed by atoms with Crippen LogP contribution in [-0.2, 0) is 10.0 Å². The Labute approximate surface area is 148 Å². The fourth-order valence-electron chi connectivity index (χ4n) is 2.27. The number of hydrogen-bond donors (Lipinski definition) is 2. The average molecular weight is 362 g/mol. The zero-order valence-corrected chi connectivity index (χ0v) is 15.2. The summed E-state index contributed by atoms with van der Waals surface area (Å²) >= 11 is 0. The highest BCUT2D eigenvalue weighted by atomic mass is 32.2. The van der Waals surface area contributed by atoms with Gasteiger partial charge in [-0.2, -0.15) is 0 Å². The molecule has 0 saturated heterocycles. The van der Waals surface area contributed by atoms with Gasteiger partial charge in [0.05, 0.1) is 11.0 Å². The largest absolute Gasteiger partial charge is 0.387 e. The Hall–Kier alpha value is -2.22. The summed E-state index contributed by atoms with van der Waals surface area (Å²) < 4.78 is 27.1. The minimum atomic E-state index is -3.81. The summed E-state index contributed by atoms with van der Waals surface area (Å²) in [5, 5.41) is 10.2. The van der Waals surface area contributed by atoms with Crippen LogP contribution in [0, 0.1) is 0 Å². The summed E-state index contributed by atoms with van der Waals surface area (Å²) in [6.07, 6.45) is -0.970. The number of nitrogens with zero attached hydrogens (tertiary/aromatic N) is 1. The molecule has 0 spiro atoms. The number of carbonyl (C=O) groups excluding carboxylic acids is 1. The maximum Gasteiger partial charge on any atom is 0.240 e. The van der Waals surface area contributed by atoms with Crippen LogP contribution in [0.25, 0.3) is 0 Å². The molecule has 0 aliphatic carbocycles. The summed E-state index contributed by atoms with van der Waals surface area (Å²) in [6, 6.07) is 13.0. The van der Waals surface area contributed by atoms with Crippen molar-refractivity contribution < 1.29 is 18.3 Å². The smallest absolute Gasteiger partial charge is 0.240 e. The third-order valence-electron chi connectivity index (χ3n) is 3.81. The number of ketones is 1. The van der Waals surface area contributed by atoms with Crippen LogP contribution in [0.5, 0.6) is 0 Å². The van der Waals surface area contributed by atoms with Crippen molar-refractivity contribution in [1.29, 1.82) is 0 Å². The number of anilines is 1. The molecule has 134 valence electrons. The van der Waals surface area contributed by atoms with Gasteiger partial charge in [-0.25, -0.2) is 13.1 Å². The topological polar surface area (TPSA) is 86.7 Å². The minimum absolute atomic E-state index is 0.00430. The van der Waals surface area contributed by atoms with E-state index in [1.807, 2.05) is 31.1 Å². The Bertz CT molecular complexity index is 846. The van der Waals surface area contributed by atoms with Gasteiger partial charge in [-0.15, -0.1) is 0 Å². The molecule has 0 radical (unpaired) electrons. The number of aliphatic hydroxyl groups excluding tert-OH is 1. The van der Waals surface area contributed by atoms with E-state index in [4.69, 9.17) is 0 Å². The fourth-order valence-corrected chi connectivity index (χ4v) is 3.35. The van der Waals surface area contributed by atoms with Crippen LogP contribution in [0.1, 0.15) is 28.9 Å². The Morgan fingerprint density at radius 1 is 1.16 bits per heavy atom. The molecule has 0 amide bonds. The van der Waals surface area contributed by atoms with Crippen molar-refractivity contribution in [2.45, 2.75) is 17.9 Å². The summed E-state index contributed by atoms with van der Waals surface area (Å²) in [6.45, 7) is 1.22. The first kappa shape index (κ1) is 19.1. The van der Waals surface area contributed by atoms with Gasteiger partial charge >= 0.3 is 0 Å². The Morgan fingerprint density at radius 3 is 2.36 bits per heavy atom. The lowest BCUT2D eigenvalue weighted by Crippen LogP contribution is -2.28. The normalized spacial score (nSPS) is 12.6. The maximum absolute atomic E-state index is 12.3. The Morgan fingerprint density at radius 2 is 1.80 bits per heavy atom. The molecule has 0 bridgehead atoms. The van der Waals surface area contributed by atoms with Crippen molar-refractivity contribution in [2.24, 2.45) is 0 Å². The van der Waals surface area contributed by atoms with E-state index in [9.17, 15) is 18.3 Å². The molecule has 0 saturated carbocycles. The lowest BCUT2D eigenvalue weighted by Gasteiger charge is -2.16. The number of rotatable bonds is 7. The monoisotopic (exact) mass is 362 g/mol. The van der Waals surface area contributed by atoms with Crippen molar-refractivity contribution in [2.75, 3.05) is 25.5 Å². The first-order valence-corrected chi connectivity index (χ1v) is 9.25. The highest BCUT2D eigenvalue weighted by Gasteiger charge is 2.17. The van der Waals surface area contributed by atoms with Gasteiger partial charge in [-0.05, 0) is 36.8 Å². The number of hydrogen-bond acceptors (Lipinski definition) is 5. The Balaban J connectivity index is 2.08. The Kier molecular flexibility index (Phi) is 5.94. The third kappa shape index (κ3) is 4.88. The zero-order valence-electron chi connectivity index (χ0n) is 14.4. The summed E-state index contributed by atoms with van der Waals surface area (Å²) in [4.78, 5) is 13.3. The molecule has 0 aliphatic rings. The van der Waals surface area contributed by atoms with E-state index in [-0.39, 0.29) is 17.2 Å². The molecule has 0 heterocycles. The first-order chi connectivity index (χ1) is 11.7. The highest BCUT2D eigenvalue weighted by Crippen LogP contribution is 2.18. The van der Waals surface area contributed by atoms with Crippen molar-refractivity contribution in [3.05, 3.63) is 59.7 Å². The van der Waals surface area contributed by atoms with Gasteiger partial charge in [0.15, 0.2) is 5.78 Å². The van der Waals surface area contributed by atoms with Crippen LogP contribution in [0.3, 0.4) is 0 Å². The summed E-state index contributed by atoms with van der Waals surface area (Å²) in [7, 11) is 0.0115. The zero-order chi connectivity index (χ0) is 18.6. The molecule has 2 aromatic carbocycles. The molecule has 0 aliphatic heterocycles. The van der Waals surface area contributed by atoms with Crippen LogP contribution in [0.15, 0.2) is 53.4 Å². The molecule has 6 nitrogen and oxygen atoms in total. The number of sulfonamides is 1. The molecule has 7 heteroatoms. The summed E-state index contributed by atoms with van der Waals surface area (Å²) in [5.74, 6) is -0.210. The lowest BCUT2D eigenvalue weighted by atomic mass is 10.1. The quantitative estimate of drug-likeness (QED) is 0.736. The fraction of sp³-hybridized carbons (Fsp3) is 0.278. The van der Waals surface area contributed by atoms with Crippen LogP contribution in [0.4, 0.5) is 5.69 Å². The number of benzene rings is 2. The molecule has 1 unspecified atom stereocenters. The highest BCUT2D eigenvalue weighted by molar-refractivity contribution is 7.89. The van der Waals surface area contributed by atoms with E-state index in [2.05, 4.69) is 4.72 Å². The van der Waals surface area contributed by atoms with E-state index < -0.39 is 16.1 Å². The standard InChI is InChI=1S/C18H22N2O4S/c1-13(21)15-5-4-6-17(11-15)25(23,24)19-12-18(22)14-7-9-16(10-8-14)20(2)3/h4-11,18-19,22H,12H2,1-3H3. The van der Waals surface area contributed by atoms with E-state index in [1.54, 1.807) is 18.2 Å². The second-order valence-electron chi connectivity index (χ2n) is 5.94. The molecule has 2 aromatic rings. The number of Topliss-reactive ketones (excluding diaryl/α,β-unsaturated/α-hetero) is 1. The molecule has 2 rings (SSSR count). The van der Waals surface area contributed by atoms with Crippen molar-refractivity contribution in [3.63, 3.8) is 0 Å². The van der Waals surface area contributed by atoms with Crippen LogP contribution < -0.4 is 9.62 Å². The molecule has 0 aromatic heterocycles. The van der Waals surface area contributed by atoms with Crippen molar-refractivity contribution in [3.8, 4) is 0 Å². The van der Waals surface area contributed by atoms with Crippen LogP contribution >= 0.6 is 0 Å². The van der Waals surface area contributed by atoms with Crippen molar-refractivity contribution in [1.82, 2.24) is 4.72 Å². The van der Waals surface area contributed by atoms with E-state index in [1.165, 1.54) is 25.1 Å². The molecular formula is C18H22N2O4S. The van der Waals surface area contributed by atoms with E-state index >= 15 is 0 Å². The second kappa shape index (κ2) is 7.77. The SMILES string of the molecule is CC(=O)c1cccc(S(=O)(=O)NCC(O)c2ccc(N(C)C)cc2)c1. The van der Waals surface area contributed by atoms with Gasteiger partial charge in [0.1, 0.15) is 0 Å². The lowest BCUT2D eigenvalue weighted by molar-refractivity contribution is 0.101. The predicted octanol–water partition coefficient (Wildman–Crippen LogP) is 1.97. The van der Waals surface area contributed by atoms with Crippen LogP contribution in [-0.4, -0.2) is 39.9 Å². The van der Waals surface area contributed by atoms with E-state index in [0.29, 0.717) is 11.1 Å². The average Bonchev–Trinajstić information content (AvgIpc) is 2.60. The molecule has 2 N–H and O–H groups in total. The second-order valence-corrected chi connectivity index (χ2v) is 7.70. The molecular weight excluding hydrogens is 340 g/mol. The van der Waals surface area contributed by atoms with Crippen molar-refractivity contribution >= 4 is 21.5 Å². The van der Waals surface area contributed by atoms with Gasteiger partial charge in [-0.3, -0.25) is 4.79 Å². The molecule has 25 heavy (non-hydrogen) atoms. The first-order valence-electron chi connectivity index (χ1n) is 7.77. The van der Waals surface area contributed by atoms with Gasteiger partial charge in [0.2, 0.25) is 10.0 Å². The summed E-state index contributed by atoms with van der Waals surface area (Å²) in [5.41, 5.74) is 1.92. The minimum Gasteiger partial charge on any atom is -0.387 e. The number of aliphatic hydroxyl groups is 1. The van der Waals surface area contributed by atoms with Gasteiger partial charge in [-0.1, -0.05) is 24.3 Å². The molecule has 0 fully saturated rings. The maximum atomic E-state index is 12.3. The number of carbonyl (C=O) groups is 1. The van der Waals surface area contributed by atoms with Gasteiger partial charge < -0.3 is 10.0 Å². The van der Waals surface area contributed by atoms with E-state index in [0.717, 1.165) is 5.69 Å². The van der Waals surface area contributed by atoms with Gasteiger partial charge in [0, 0.05) is 31.9 Å². The number of nitrogens with one attached hydrogen (secondary N) is 1. The van der Waals surface area contributed by atoms with Gasteiger partial charge in [0.25, 0.3) is 0 Å². The predicted molar refractivity (Wildman–Crippen MR) is 97.4 cm³/mol. The van der Waals surface area contributed by atoms with Crippen LogP contribution in [0.2, 0.25) is 0 Å². The third-order valence-corrected chi connectivity index (χ3v) is 5.23.